The minimum atomic E-state index is 0. The molecule has 4 heterocycles. The molecule has 146 valence electrons. The molecule has 4 aliphatic rings. The summed E-state index contributed by atoms with van der Waals surface area (Å²) in [7, 11) is 0. The number of rotatable bonds is 2. The van der Waals surface area contributed by atoms with Gasteiger partial charge in [-0.15, -0.1) is 12.4 Å². The van der Waals surface area contributed by atoms with Gasteiger partial charge in [-0.1, -0.05) is 18.2 Å². The maximum atomic E-state index is 5.92. The van der Waals surface area contributed by atoms with Gasteiger partial charge in [-0.2, -0.15) is 0 Å². The van der Waals surface area contributed by atoms with E-state index in [9.17, 15) is 0 Å². The van der Waals surface area contributed by atoms with Gasteiger partial charge in [-0.3, -0.25) is 4.98 Å². The van der Waals surface area contributed by atoms with E-state index in [1.165, 1.54) is 77.5 Å². The summed E-state index contributed by atoms with van der Waals surface area (Å²) in [5.74, 6) is 0.763. The van der Waals surface area contributed by atoms with Gasteiger partial charge in [0.15, 0.2) is 0 Å². The highest BCUT2D eigenvalue weighted by Gasteiger charge is 2.30. The lowest BCUT2D eigenvalue weighted by Crippen LogP contribution is -2.18. The highest BCUT2D eigenvalue weighted by Crippen LogP contribution is 2.45. The van der Waals surface area contributed by atoms with Crippen LogP contribution in [0.15, 0.2) is 42.3 Å². The van der Waals surface area contributed by atoms with Crippen molar-refractivity contribution in [1.29, 1.82) is 0 Å². The molecule has 28 heavy (non-hydrogen) atoms. The predicted molar refractivity (Wildman–Crippen MR) is 117 cm³/mol. The number of allylic oxidation sites excluding steroid dienone is 6. The van der Waals surface area contributed by atoms with E-state index in [1.807, 2.05) is 6.20 Å². The largest absolute Gasteiger partial charge is 0.378 e. The summed E-state index contributed by atoms with van der Waals surface area (Å²) in [6.45, 7) is 0.967. The molecular formula is C24H27ClN2O. The number of halogens is 1. The fourth-order valence-electron chi connectivity index (χ4n) is 5.70. The SMILES string of the molecule is C1=CC2=C(CCC(CC3CCCO3)C2)n2c3c(c4cnccc42)CCC=C13.Cl. The molecule has 6 rings (SSSR count). The highest BCUT2D eigenvalue weighted by molar-refractivity contribution is 5.96. The van der Waals surface area contributed by atoms with E-state index in [1.54, 1.807) is 0 Å². The molecule has 0 N–H and O–H groups in total. The molecule has 2 aliphatic heterocycles. The molecule has 2 unspecified atom stereocenters. The van der Waals surface area contributed by atoms with E-state index in [0.717, 1.165) is 25.4 Å². The minimum absolute atomic E-state index is 0. The summed E-state index contributed by atoms with van der Waals surface area (Å²) < 4.78 is 8.50. The standard InChI is InChI=1S/C24H26N2O.ClH/c1-3-17-7-8-18-13-16(14-19-4-2-12-27-19)6-9-22(18)26-23-10-11-25-15-21(23)20(5-1)24(17)26;/h3,7-8,10-11,15-16,19H,1-2,4-6,9,12-14H2;1H. The van der Waals surface area contributed by atoms with Crippen LogP contribution < -0.4 is 0 Å². The first kappa shape index (κ1) is 18.2. The minimum Gasteiger partial charge on any atom is -0.378 e. The smallest absolute Gasteiger partial charge is 0.0578 e. The van der Waals surface area contributed by atoms with Crippen molar-refractivity contribution >= 4 is 34.6 Å². The zero-order valence-electron chi connectivity index (χ0n) is 16.2. The number of pyridine rings is 1. The van der Waals surface area contributed by atoms with E-state index in [0.29, 0.717) is 6.10 Å². The number of hydrogen-bond acceptors (Lipinski definition) is 2. The first-order chi connectivity index (χ1) is 13.4. The van der Waals surface area contributed by atoms with Crippen molar-refractivity contribution in [3.05, 3.63) is 53.5 Å². The summed E-state index contributed by atoms with van der Waals surface area (Å²) in [6, 6.07) is 2.21. The van der Waals surface area contributed by atoms with Gasteiger partial charge in [-0.25, -0.2) is 0 Å². The average molecular weight is 395 g/mol. The lowest BCUT2D eigenvalue weighted by Gasteiger charge is -2.29. The maximum Gasteiger partial charge on any atom is 0.0578 e. The first-order valence-corrected chi connectivity index (χ1v) is 10.6. The molecule has 2 aromatic heterocycles. The van der Waals surface area contributed by atoms with Crippen molar-refractivity contribution in [2.75, 3.05) is 6.61 Å². The predicted octanol–water partition coefficient (Wildman–Crippen LogP) is 5.94. The van der Waals surface area contributed by atoms with E-state index >= 15 is 0 Å². The second-order valence-corrected chi connectivity index (χ2v) is 8.54. The van der Waals surface area contributed by atoms with Crippen molar-refractivity contribution in [3.8, 4) is 0 Å². The monoisotopic (exact) mass is 394 g/mol. The van der Waals surface area contributed by atoms with Gasteiger partial charge in [0.2, 0.25) is 0 Å². The van der Waals surface area contributed by atoms with Crippen molar-refractivity contribution in [2.45, 2.75) is 57.5 Å². The van der Waals surface area contributed by atoms with Gasteiger partial charge in [0.25, 0.3) is 0 Å². The number of hydrogen-bond donors (Lipinski definition) is 0. The molecule has 2 aromatic rings. The quantitative estimate of drug-likeness (QED) is 0.630. The Labute approximate surface area is 172 Å². The third-order valence-electron chi connectivity index (χ3n) is 6.93. The second-order valence-electron chi connectivity index (χ2n) is 8.54. The normalized spacial score (nSPS) is 25.8. The molecule has 0 aromatic carbocycles. The van der Waals surface area contributed by atoms with Crippen molar-refractivity contribution < 1.29 is 4.74 Å². The molecule has 0 saturated carbocycles. The van der Waals surface area contributed by atoms with Gasteiger partial charge >= 0.3 is 0 Å². The Morgan fingerprint density at radius 2 is 2.14 bits per heavy atom. The van der Waals surface area contributed by atoms with Gasteiger partial charge < -0.3 is 9.30 Å². The molecule has 2 atom stereocenters. The summed E-state index contributed by atoms with van der Waals surface area (Å²) in [6.07, 6.45) is 21.4. The van der Waals surface area contributed by atoms with Crippen LogP contribution in [0.25, 0.3) is 22.2 Å². The number of nitrogens with zero attached hydrogens (tertiary/aromatic N) is 2. The molecule has 0 bridgehead atoms. The fourth-order valence-corrected chi connectivity index (χ4v) is 5.70. The molecule has 4 heteroatoms. The van der Waals surface area contributed by atoms with Crippen LogP contribution in [0, 0.1) is 5.92 Å². The first-order valence-electron chi connectivity index (χ1n) is 10.6. The molecule has 2 aliphatic carbocycles. The van der Waals surface area contributed by atoms with E-state index < -0.39 is 0 Å². The zero-order valence-corrected chi connectivity index (χ0v) is 17.0. The zero-order chi connectivity index (χ0) is 17.8. The van der Waals surface area contributed by atoms with Crippen LogP contribution in [-0.4, -0.2) is 22.3 Å². The molecule has 0 amide bonds. The molecule has 1 fully saturated rings. The van der Waals surface area contributed by atoms with Crippen LogP contribution in [0.2, 0.25) is 0 Å². The second kappa shape index (κ2) is 7.20. The van der Waals surface area contributed by atoms with Gasteiger partial charge in [0.1, 0.15) is 0 Å². The van der Waals surface area contributed by atoms with Crippen LogP contribution in [0.4, 0.5) is 0 Å². The number of aromatic nitrogens is 2. The average Bonchev–Trinajstić information content (AvgIpc) is 3.28. The molecule has 1 saturated heterocycles. The Bertz CT molecular complexity index is 1010. The van der Waals surface area contributed by atoms with E-state index in [-0.39, 0.29) is 12.4 Å². The number of ether oxygens (including phenoxy) is 1. The van der Waals surface area contributed by atoms with E-state index in [4.69, 9.17) is 4.74 Å². The number of fused-ring (bicyclic) bond motifs is 4. The Morgan fingerprint density at radius 3 is 3.04 bits per heavy atom. The van der Waals surface area contributed by atoms with Crippen LogP contribution in [0.5, 0.6) is 0 Å². The number of aryl methyl sites for hydroxylation is 1. The van der Waals surface area contributed by atoms with Crippen molar-refractivity contribution in [3.63, 3.8) is 0 Å². The third kappa shape index (κ3) is 2.79. The van der Waals surface area contributed by atoms with Crippen LogP contribution in [0.1, 0.15) is 56.2 Å². The lowest BCUT2D eigenvalue weighted by molar-refractivity contribution is 0.0878. The summed E-state index contributed by atoms with van der Waals surface area (Å²) in [4.78, 5) is 4.43. The van der Waals surface area contributed by atoms with Crippen LogP contribution >= 0.6 is 12.4 Å². The van der Waals surface area contributed by atoms with Crippen LogP contribution in [0.3, 0.4) is 0 Å². The Morgan fingerprint density at radius 1 is 1.18 bits per heavy atom. The van der Waals surface area contributed by atoms with Crippen molar-refractivity contribution in [1.82, 2.24) is 9.55 Å². The van der Waals surface area contributed by atoms with Gasteiger partial charge in [-0.05, 0) is 80.1 Å². The van der Waals surface area contributed by atoms with Crippen molar-refractivity contribution in [2.24, 2.45) is 5.92 Å². The molecule has 3 nitrogen and oxygen atoms in total. The molecule has 0 spiro atoms. The van der Waals surface area contributed by atoms with Gasteiger partial charge in [0, 0.05) is 30.1 Å². The third-order valence-corrected chi connectivity index (χ3v) is 6.93. The Kier molecular flexibility index (Phi) is 4.68. The summed E-state index contributed by atoms with van der Waals surface area (Å²) in [5, 5.41) is 1.35. The Balaban J connectivity index is 0.00000171. The Hall–Kier alpha value is -1.84. The van der Waals surface area contributed by atoms with Gasteiger partial charge in [0.05, 0.1) is 17.3 Å². The fraction of sp³-hybridized carbons (Fsp3) is 0.458. The lowest BCUT2D eigenvalue weighted by atomic mass is 9.82. The molecule has 0 radical (unpaired) electrons. The van der Waals surface area contributed by atoms with E-state index in [2.05, 4.69) is 40.0 Å². The summed E-state index contributed by atoms with van der Waals surface area (Å²) in [5.41, 5.74) is 8.74. The van der Waals surface area contributed by atoms with Crippen LogP contribution in [-0.2, 0) is 11.2 Å². The topological polar surface area (TPSA) is 27.1 Å². The maximum absolute atomic E-state index is 5.92. The highest BCUT2D eigenvalue weighted by atomic mass is 35.5. The summed E-state index contributed by atoms with van der Waals surface area (Å²) >= 11 is 0. The molecular weight excluding hydrogens is 368 g/mol.